The number of thioether (sulfide) groups is 1. The molecule has 0 saturated heterocycles. The van der Waals surface area contributed by atoms with Crippen LogP contribution in [-0.4, -0.2) is 129 Å². The van der Waals surface area contributed by atoms with Crippen molar-refractivity contribution in [3.8, 4) is 0 Å². The number of aliphatic hydroxyl groups is 1. The van der Waals surface area contributed by atoms with E-state index in [0.29, 0.717) is 13.0 Å². The molecular formula is C42H79N3O12S. The second-order valence-corrected chi connectivity index (χ2v) is 15.7. The van der Waals surface area contributed by atoms with Crippen LogP contribution in [0.4, 0.5) is 0 Å². The zero-order valence-corrected chi connectivity index (χ0v) is 36.6. The molecule has 3 atom stereocenters. The van der Waals surface area contributed by atoms with E-state index >= 15 is 0 Å². The third-order valence-corrected chi connectivity index (χ3v) is 10.4. The molecule has 58 heavy (non-hydrogen) atoms. The Hall–Kier alpha value is -2.50. The van der Waals surface area contributed by atoms with Gasteiger partial charge in [0.1, 0.15) is 18.8 Å². The van der Waals surface area contributed by atoms with Gasteiger partial charge in [-0.3, -0.25) is 24.0 Å². The van der Waals surface area contributed by atoms with E-state index < -0.39 is 42.6 Å². The van der Waals surface area contributed by atoms with Gasteiger partial charge in [0.25, 0.3) is 0 Å². The molecule has 2 amide bonds. The Kier molecular flexibility index (Phi) is 39.5. The smallest absolute Gasteiger partial charge is 0.306 e. The van der Waals surface area contributed by atoms with E-state index in [9.17, 15) is 29.1 Å². The number of carbonyl (C=O) groups is 5. The van der Waals surface area contributed by atoms with Crippen LogP contribution in [0.25, 0.3) is 0 Å². The maximum absolute atomic E-state index is 12.8. The molecule has 0 rings (SSSR count). The molecule has 0 saturated carbocycles. The molecule has 0 aliphatic rings. The van der Waals surface area contributed by atoms with Crippen molar-refractivity contribution in [2.45, 2.75) is 167 Å². The second kappa shape index (κ2) is 41.2. The van der Waals surface area contributed by atoms with Crippen molar-refractivity contribution in [1.29, 1.82) is 0 Å². The van der Waals surface area contributed by atoms with Crippen molar-refractivity contribution in [2.75, 3.05) is 70.9 Å². The van der Waals surface area contributed by atoms with Crippen LogP contribution in [-0.2, 0) is 47.7 Å². The third kappa shape index (κ3) is 36.6. The summed E-state index contributed by atoms with van der Waals surface area (Å²) in [4.78, 5) is 61.0. The first kappa shape index (κ1) is 55.5. The summed E-state index contributed by atoms with van der Waals surface area (Å²) in [6, 6.07) is -2.24. The molecule has 340 valence electrons. The molecule has 0 aliphatic carbocycles. The molecule has 0 aromatic rings. The Morgan fingerprint density at radius 3 is 1.60 bits per heavy atom. The number of nitrogens with two attached hydrogens (primary N) is 1. The molecule has 15 nitrogen and oxygen atoms in total. The number of ether oxygens (including phenoxy) is 5. The molecule has 0 radical (unpaired) electrons. The van der Waals surface area contributed by atoms with Gasteiger partial charge in [-0.1, -0.05) is 117 Å². The molecule has 0 unspecified atom stereocenters. The minimum atomic E-state index is -1.21. The normalized spacial score (nSPS) is 12.8. The third-order valence-electron chi connectivity index (χ3n) is 9.20. The number of amides is 2. The SMILES string of the molecule is CCCCCCCCCCCC(=O)OC[C@H](CSC[C@@H](N)C(=O)N[C@@H](CO)C(=O)NCCOCCOCCOCCC(=O)O)OC(=O)CCCCCCCCCCC. The zero-order chi connectivity index (χ0) is 42.9. The average molecular weight is 850 g/mol. The Labute approximate surface area is 352 Å². The van der Waals surface area contributed by atoms with Crippen molar-refractivity contribution in [3.63, 3.8) is 0 Å². The summed E-state index contributed by atoms with van der Waals surface area (Å²) < 4.78 is 27.1. The molecule has 0 bridgehead atoms. The van der Waals surface area contributed by atoms with Gasteiger partial charge >= 0.3 is 17.9 Å². The number of hydrogen-bond donors (Lipinski definition) is 5. The monoisotopic (exact) mass is 850 g/mol. The largest absolute Gasteiger partial charge is 0.481 e. The maximum Gasteiger partial charge on any atom is 0.306 e. The standard InChI is InChI=1S/C42H79N3O12S/c1-3-5-7-9-11-13-15-17-19-21-39(49)56-32-35(57-40(50)22-20-18-16-14-12-10-8-6-4-2)33-58-34-36(43)41(51)45-37(31-46)42(52)44-24-26-54-28-30-55-29-27-53-25-23-38(47)48/h35-37,46H,3-34,43H2,1-2H3,(H,44,52)(H,45,51)(H,47,48)/t35-,36-,37+/m1/s1. The number of nitrogens with one attached hydrogen (secondary N) is 2. The van der Waals surface area contributed by atoms with Crippen LogP contribution in [0.2, 0.25) is 0 Å². The molecule has 0 aliphatic heterocycles. The number of aliphatic hydroxyl groups excluding tert-OH is 1. The first-order chi connectivity index (χ1) is 28.1. The van der Waals surface area contributed by atoms with E-state index in [4.69, 9.17) is 34.5 Å². The van der Waals surface area contributed by atoms with Crippen LogP contribution in [0.3, 0.4) is 0 Å². The number of carbonyl (C=O) groups excluding carboxylic acids is 4. The summed E-state index contributed by atoms with van der Waals surface area (Å²) in [5.41, 5.74) is 6.11. The highest BCUT2D eigenvalue weighted by molar-refractivity contribution is 7.99. The topological polar surface area (TPSA) is 222 Å². The highest BCUT2D eigenvalue weighted by Crippen LogP contribution is 2.15. The van der Waals surface area contributed by atoms with Crippen LogP contribution in [0.5, 0.6) is 0 Å². The zero-order valence-electron chi connectivity index (χ0n) is 35.8. The minimum absolute atomic E-state index is 0.0675. The van der Waals surface area contributed by atoms with Gasteiger partial charge in [-0.25, -0.2) is 0 Å². The Morgan fingerprint density at radius 2 is 1.09 bits per heavy atom. The fourth-order valence-corrected chi connectivity index (χ4v) is 6.69. The van der Waals surface area contributed by atoms with E-state index in [1.807, 2.05) is 0 Å². The van der Waals surface area contributed by atoms with Gasteiger partial charge < -0.3 is 50.3 Å². The number of aliphatic carboxylic acids is 1. The number of unbranched alkanes of at least 4 members (excludes halogenated alkanes) is 16. The number of esters is 2. The van der Waals surface area contributed by atoms with Crippen LogP contribution in [0.1, 0.15) is 149 Å². The molecule has 0 aromatic carbocycles. The van der Waals surface area contributed by atoms with E-state index in [2.05, 4.69) is 24.5 Å². The Balaban J connectivity index is 4.62. The Bertz CT molecular complexity index is 1040. The van der Waals surface area contributed by atoms with Gasteiger partial charge in [0.2, 0.25) is 11.8 Å². The van der Waals surface area contributed by atoms with Gasteiger partial charge in [0.05, 0.1) is 58.7 Å². The van der Waals surface area contributed by atoms with Crippen LogP contribution >= 0.6 is 11.8 Å². The molecule has 6 N–H and O–H groups in total. The van der Waals surface area contributed by atoms with Gasteiger partial charge in [0, 0.05) is 30.9 Å². The van der Waals surface area contributed by atoms with E-state index in [-0.39, 0.29) is 82.5 Å². The van der Waals surface area contributed by atoms with Gasteiger partial charge in [-0.05, 0) is 12.8 Å². The number of hydrogen-bond acceptors (Lipinski definition) is 13. The van der Waals surface area contributed by atoms with Gasteiger partial charge in [-0.15, -0.1) is 0 Å². The summed E-state index contributed by atoms with van der Waals surface area (Å²) in [7, 11) is 0. The highest BCUT2D eigenvalue weighted by Gasteiger charge is 2.24. The molecular weight excluding hydrogens is 771 g/mol. The molecule has 16 heteroatoms. The fourth-order valence-electron chi connectivity index (χ4n) is 5.72. The van der Waals surface area contributed by atoms with E-state index in [0.717, 1.165) is 44.9 Å². The summed E-state index contributed by atoms with van der Waals surface area (Å²) in [6.45, 7) is 5.23. The highest BCUT2D eigenvalue weighted by atomic mass is 32.2. The lowest BCUT2D eigenvalue weighted by Gasteiger charge is -2.20. The van der Waals surface area contributed by atoms with Crippen LogP contribution < -0.4 is 16.4 Å². The van der Waals surface area contributed by atoms with E-state index in [1.165, 1.54) is 82.4 Å². The average Bonchev–Trinajstić information content (AvgIpc) is 3.20. The lowest BCUT2D eigenvalue weighted by atomic mass is 10.1. The summed E-state index contributed by atoms with van der Waals surface area (Å²) in [6.07, 6.45) is 20.3. The number of carboxylic acids is 1. The van der Waals surface area contributed by atoms with Crippen molar-refractivity contribution >= 4 is 41.5 Å². The van der Waals surface area contributed by atoms with Crippen molar-refractivity contribution in [1.82, 2.24) is 10.6 Å². The summed E-state index contributed by atoms with van der Waals surface area (Å²) >= 11 is 1.27. The van der Waals surface area contributed by atoms with Crippen LogP contribution in [0, 0.1) is 0 Å². The van der Waals surface area contributed by atoms with Gasteiger partial charge in [0.15, 0.2) is 0 Å². The van der Waals surface area contributed by atoms with Crippen molar-refractivity contribution in [2.24, 2.45) is 5.73 Å². The Morgan fingerprint density at radius 1 is 0.603 bits per heavy atom. The minimum Gasteiger partial charge on any atom is -0.481 e. The predicted octanol–water partition coefficient (Wildman–Crippen LogP) is 5.46. The maximum atomic E-state index is 12.8. The number of rotatable bonds is 43. The lowest BCUT2D eigenvalue weighted by Crippen LogP contribution is -2.54. The lowest BCUT2D eigenvalue weighted by molar-refractivity contribution is -0.157. The first-order valence-corrected chi connectivity index (χ1v) is 23.1. The molecule has 0 fully saturated rings. The van der Waals surface area contributed by atoms with Crippen LogP contribution in [0.15, 0.2) is 0 Å². The fraction of sp³-hybridized carbons (Fsp3) is 0.881. The summed E-state index contributed by atoms with van der Waals surface area (Å²) in [5, 5.41) is 23.4. The quantitative estimate of drug-likeness (QED) is 0.0380. The molecule has 0 aromatic heterocycles. The first-order valence-electron chi connectivity index (χ1n) is 22.0. The number of carboxylic acid groups (broad SMARTS) is 1. The van der Waals surface area contributed by atoms with E-state index in [1.54, 1.807) is 0 Å². The molecule has 0 heterocycles. The summed E-state index contributed by atoms with van der Waals surface area (Å²) in [5.74, 6) is -2.44. The molecule has 0 spiro atoms. The van der Waals surface area contributed by atoms with Crippen molar-refractivity contribution < 1.29 is 57.9 Å². The second-order valence-electron chi connectivity index (χ2n) is 14.6. The van der Waals surface area contributed by atoms with Gasteiger partial charge in [-0.2, -0.15) is 11.8 Å². The van der Waals surface area contributed by atoms with Crippen molar-refractivity contribution in [3.05, 3.63) is 0 Å². The predicted molar refractivity (Wildman–Crippen MR) is 227 cm³/mol.